The van der Waals surface area contributed by atoms with Gasteiger partial charge in [0.15, 0.2) is 6.29 Å². The molecule has 0 aliphatic heterocycles. The molecule has 0 saturated heterocycles. The van der Waals surface area contributed by atoms with E-state index in [2.05, 4.69) is 10.6 Å². The molecular weight excluding hydrogens is 178 g/mol. The minimum Gasteiger partial charge on any atom is -0.367 e. The van der Waals surface area contributed by atoms with Crippen LogP contribution in [0, 0.1) is 0 Å². The van der Waals surface area contributed by atoms with Crippen LogP contribution in [0.5, 0.6) is 0 Å². The molecular formula is C6H13N3O4. The monoisotopic (exact) mass is 191 g/mol. The second kappa shape index (κ2) is 6.35. The number of nitrogens with two attached hydrogens (primary N) is 1. The SMILES string of the molecule is NCC(=O)NCC(=O)NCC(O)O. The Kier molecular flexibility index (Phi) is 5.77. The van der Waals surface area contributed by atoms with Gasteiger partial charge in [0, 0.05) is 0 Å². The molecule has 0 aliphatic carbocycles. The summed E-state index contributed by atoms with van der Waals surface area (Å²) >= 11 is 0. The van der Waals surface area contributed by atoms with Crippen LogP contribution in [0.15, 0.2) is 0 Å². The molecule has 0 aromatic heterocycles. The van der Waals surface area contributed by atoms with Gasteiger partial charge in [0.05, 0.1) is 19.6 Å². The summed E-state index contributed by atoms with van der Waals surface area (Å²) < 4.78 is 0. The van der Waals surface area contributed by atoms with E-state index < -0.39 is 18.1 Å². The van der Waals surface area contributed by atoms with Crippen molar-refractivity contribution in [1.29, 1.82) is 0 Å². The van der Waals surface area contributed by atoms with Gasteiger partial charge in [-0.05, 0) is 0 Å². The van der Waals surface area contributed by atoms with E-state index >= 15 is 0 Å². The summed E-state index contributed by atoms with van der Waals surface area (Å²) in [6, 6.07) is 0. The first-order chi connectivity index (χ1) is 6.06. The lowest BCUT2D eigenvalue weighted by Gasteiger charge is -2.06. The first-order valence-corrected chi connectivity index (χ1v) is 3.66. The van der Waals surface area contributed by atoms with Crippen molar-refractivity contribution in [3.05, 3.63) is 0 Å². The van der Waals surface area contributed by atoms with E-state index in [1.807, 2.05) is 0 Å². The van der Waals surface area contributed by atoms with Crippen LogP contribution in [-0.2, 0) is 9.59 Å². The third-order valence-electron chi connectivity index (χ3n) is 1.11. The first kappa shape index (κ1) is 11.8. The number of rotatable bonds is 5. The van der Waals surface area contributed by atoms with Gasteiger partial charge in [-0.25, -0.2) is 0 Å². The third kappa shape index (κ3) is 7.19. The standard InChI is InChI=1S/C6H13N3O4/c7-1-4(10)8-2-5(11)9-3-6(12)13/h6,12-13H,1-3,7H2,(H,8,10)(H,9,11). The van der Waals surface area contributed by atoms with Crippen molar-refractivity contribution in [2.24, 2.45) is 5.73 Å². The summed E-state index contributed by atoms with van der Waals surface area (Å²) in [5.74, 6) is -0.949. The van der Waals surface area contributed by atoms with E-state index in [9.17, 15) is 9.59 Å². The van der Waals surface area contributed by atoms with E-state index in [0.717, 1.165) is 0 Å². The van der Waals surface area contributed by atoms with Crippen LogP contribution >= 0.6 is 0 Å². The van der Waals surface area contributed by atoms with Crippen LogP contribution in [0.25, 0.3) is 0 Å². The highest BCUT2D eigenvalue weighted by Crippen LogP contribution is 1.70. The molecule has 0 spiro atoms. The normalized spacial score (nSPS) is 9.85. The Morgan fingerprint density at radius 2 is 1.85 bits per heavy atom. The van der Waals surface area contributed by atoms with Crippen molar-refractivity contribution in [3.8, 4) is 0 Å². The Hall–Kier alpha value is -1.18. The van der Waals surface area contributed by atoms with Crippen molar-refractivity contribution < 1.29 is 19.8 Å². The van der Waals surface area contributed by atoms with Crippen LogP contribution < -0.4 is 16.4 Å². The molecule has 0 unspecified atom stereocenters. The molecule has 6 N–H and O–H groups in total. The van der Waals surface area contributed by atoms with Gasteiger partial charge in [-0.1, -0.05) is 0 Å². The maximum absolute atomic E-state index is 10.8. The minimum absolute atomic E-state index is 0.185. The fourth-order valence-electron chi connectivity index (χ4n) is 0.519. The third-order valence-corrected chi connectivity index (χ3v) is 1.11. The minimum atomic E-state index is -1.59. The lowest BCUT2D eigenvalue weighted by atomic mass is 10.5. The highest BCUT2D eigenvalue weighted by atomic mass is 16.5. The van der Waals surface area contributed by atoms with Crippen molar-refractivity contribution in [2.75, 3.05) is 19.6 Å². The number of aliphatic hydroxyl groups is 2. The smallest absolute Gasteiger partial charge is 0.239 e. The molecule has 0 aromatic carbocycles. The fraction of sp³-hybridized carbons (Fsp3) is 0.667. The van der Waals surface area contributed by atoms with E-state index in [-0.39, 0.29) is 19.6 Å². The Labute approximate surface area is 74.9 Å². The molecule has 2 amide bonds. The van der Waals surface area contributed by atoms with Crippen molar-refractivity contribution in [2.45, 2.75) is 6.29 Å². The number of amides is 2. The van der Waals surface area contributed by atoms with E-state index in [1.165, 1.54) is 0 Å². The number of carbonyl (C=O) groups is 2. The van der Waals surface area contributed by atoms with Gasteiger partial charge in [-0.15, -0.1) is 0 Å². The lowest BCUT2D eigenvalue weighted by Crippen LogP contribution is -2.41. The van der Waals surface area contributed by atoms with Gasteiger partial charge >= 0.3 is 0 Å². The number of carbonyl (C=O) groups excluding carboxylic acids is 2. The first-order valence-electron chi connectivity index (χ1n) is 3.66. The van der Waals surface area contributed by atoms with E-state index in [0.29, 0.717) is 0 Å². The van der Waals surface area contributed by atoms with Gasteiger partial charge < -0.3 is 26.6 Å². The number of hydrogen-bond donors (Lipinski definition) is 5. The van der Waals surface area contributed by atoms with Gasteiger partial charge in [0.2, 0.25) is 11.8 Å². The molecule has 0 bridgehead atoms. The number of hydrogen-bond acceptors (Lipinski definition) is 5. The number of aliphatic hydroxyl groups excluding tert-OH is 1. The maximum Gasteiger partial charge on any atom is 0.239 e. The molecule has 0 atom stereocenters. The number of nitrogens with one attached hydrogen (secondary N) is 2. The molecule has 0 rings (SSSR count). The summed E-state index contributed by atoms with van der Waals surface area (Å²) in [5, 5.41) is 21.1. The summed E-state index contributed by atoms with van der Waals surface area (Å²) in [5.41, 5.74) is 4.96. The zero-order valence-electron chi connectivity index (χ0n) is 6.99. The summed E-state index contributed by atoms with van der Waals surface area (Å²) in [6.07, 6.45) is -1.59. The molecule has 0 saturated carbocycles. The average molecular weight is 191 g/mol. The Morgan fingerprint density at radius 3 is 2.31 bits per heavy atom. The van der Waals surface area contributed by atoms with Crippen LogP contribution in [0.3, 0.4) is 0 Å². The molecule has 76 valence electrons. The van der Waals surface area contributed by atoms with Crippen molar-refractivity contribution in [3.63, 3.8) is 0 Å². The zero-order chi connectivity index (χ0) is 10.3. The largest absolute Gasteiger partial charge is 0.367 e. The van der Waals surface area contributed by atoms with Crippen LogP contribution in [0.4, 0.5) is 0 Å². The molecule has 0 radical (unpaired) electrons. The highest BCUT2D eigenvalue weighted by molar-refractivity contribution is 5.85. The van der Waals surface area contributed by atoms with Gasteiger partial charge in [0.1, 0.15) is 0 Å². The van der Waals surface area contributed by atoms with Gasteiger partial charge in [-0.2, -0.15) is 0 Å². The molecule has 7 heteroatoms. The van der Waals surface area contributed by atoms with Crippen molar-refractivity contribution >= 4 is 11.8 Å². The Bertz CT molecular complexity index is 183. The highest BCUT2D eigenvalue weighted by Gasteiger charge is 2.04. The molecule has 13 heavy (non-hydrogen) atoms. The zero-order valence-corrected chi connectivity index (χ0v) is 6.99. The predicted molar refractivity (Wildman–Crippen MR) is 43.3 cm³/mol. The topological polar surface area (TPSA) is 125 Å². The van der Waals surface area contributed by atoms with Gasteiger partial charge in [-0.3, -0.25) is 9.59 Å². The Morgan fingerprint density at radius 1 is 1.23 bits per heavy atom. The molecule has 7 nitrogen and oxygen atoms in total. The van der Waals surface area contributed by atoms with Crippen LogP contribution in [0.1, 0.15) is 0 Å². The quantitative estimate of drug-likeness (QED) is 0.288. The maximum atomic E-state index is 10.8. The summed E-state index contributed by atoms with van der Waals surface area (Å²) in [4.78, 5) is 21.3. The summed E-state index contributed by atoms with van der Waals surface area (Å²) in [7, 11) is 0. The summed E-state index contributed by atoms with van der Waals surface area (Å²) in [6.45, 7) is -0.671. The predicted octanol–water partition coefficient (Wildman–Crippen LogP) is -3.51. The van der Waals surface area contributed by atoms with Crippen LogP contribution in [-0.4, -0.2) is 48.0 Å². The molecule has 0 heterocycles. The second-order valence-corrected chi connectivity index (χ2v) is 2.27. The second-order valence-electron chi connectivity index (χ2n) is 2.27. The Balaban J connectivity index is 3.46. The van der Waals surface area contributed by atoms with Crippen molar-refractivity contribution in [1.82, 2.24) is 10.6 Å². The van der Waals surface area contributed by atoms with E-state index in [1.54, 1.807) is 0 Å². The van der Waals surface area contributed by atoms with Gasteiger partial charge in [0.25, 0.3) is 0 Å². The fourth-order valence-corrected chi connectivity index (χ4v) is 0.519. The lowest BCUT2D eigenvalue weighted by molar-refractivity contribution is -0.126. The van der Waals surface area contributed by atoms with Crippen LogP contribution in [0.2, 0.25) is 0 Å². The molecule has 0 aromatic rings. The van der Waals surface area contributed by atoms with E-state index in [4.69, 9.17) is 15.9 Å². The molecule has 0 aliphatic rings. The molecule has 0 fully saturated rings. The average Bonchev–Trinajstić information content (AvgIpc) is 2.10.